The average Bonchev–Trinajstić information content (AvgIpc) is 2.68. The maximum atomic E-state index is 12.4. The number of nitrogens with zero attached hydrogens (tertiary/aromatic N) is 1. The summed E-state index contributed by atoms with van der Waals surface area (Å²) in [5.41, 5.74) is 0.480. The molecule has 0 aliphatic heterocycles. The van der Waals surface area contributed by atoms with Gasteiger partial charge in [-0.05, 0) is 36.2 Å². The zero-order chi connectivity index (χ0) is 21.6. The molecule has 0 saturated heterocycles. The van der Waals surface area contributed by atoms with E-state index in [1.54, 1.807) is 26.0 Å². The molecule has 9 nitrogen and oxygen atoms in total. The van der Waals surface area contributed by atoms with Gasteiger partial charge in [0.05, 0.1) is 10.5 Å². The highest BCUT2D eigenvalue weighted by Crippen LogP contribution is 2.12. The second kappa shape index (κ2) is 9.28. The molecule has 0 radical (unpaired) electrons. The van der Waals surface area contributed by atoms with Crippen molar-refractivity contribution >= 4 is 27.8 Å². The lowest BCUT2D eigenvalue weighted by molar-refractivity contribution is -0.123. The minimum Gasteiger partial charge on any atom is -0.477 e. The largest absolute Gasteiger partial charge is 0.477 e. The molecule has 0 bridgehead atoms. The maximum Gasteiger partial charge on any atom is 0.354 e. The Labute approximate surface area is 168 Å². The van der Waals surface area contributed by atoms with Crippen LogP contribution in [0.15, 0.2) is 47.5 Å². The van der Waals surface area contributed by atoms with Gasteiger partial charge >= 0.3 is 5.97 Å². The first-order chi connectivity index (χ1) is 13.6. The summed E-state index contributed by atoms with van der Waals surface area (Å²) in [6, 6.07) is 8.21. The predicted molar refractivity (Wildman–Crippen MR) is 104 cm³/mol. The van der Waals surface area contributed by atoms with E-state index >= 15 is 0 Å². The smallest absolute Gasteiger partial charge is 0.354 e. The number of pyridine rings is 1. The SMILES string of the molecule is CC(C)C(=O)NCCc1ccc(S(=O)(=O)NC(=O)c2ccc(C(=O)O)nc2)cc1. The van der Waals surface area contributed by atoms with Crippen LogP contribution in [0.4, 0.5) is 0 Å². The normalized spacial score (nSPS) is 11.1. The minimum absolute atomic E-state index is 0.0576. The first-order valence-corrected chi connectivity index (χ1v) is 10.2. The number of rotatable bonds is 8. The van der Waals surface area contributed by atoms with Crippen LogP contribution in [0.1, 0.15) is 40.3 Å². The van der Waals surface area contributed by atoms with Gasteiger partial charge in [0.1, 0.15) is 5.69 Å². The maximum absolute atomic E-state index is 12.4. The van der Waals surface area contributed by atoms with Gasteiger partial charge in [-0.1, -0.05) is 26.0 Å². The number of nitrogens with one attached hydrogen (secondary N) is 2. The molecule has 0 aliphatic carbocycles. The number of hydrogen-bond acceptors (Lipinski definition) is 6. The highest BCUT2D eigenvalue weighted by atomic mass is 32.2. The Morgan fingerprint density at radius 2 is 1.72 bits per heavy atom. The number of sulfonamides is 1. The molecule has 1 heterocycles. The fourth-order valence-electron chi connectivity index (χ4n) is 2.26. The fraction of sp³-hybridized carbons (Fsp3) is 0.263. The third-order valence-corrected chi connectivity index (χ3v) is 5.29. The van der Waals surface area contributed by atoms with Gasteiger partial charge < -0.3 is 10.4 Å². The summed E-state index contributed by atoms with van der Waals surface area (Å²) in [4.78, 5) is 37.9. The van der Waals surface area contributed by atoms with Crippen LogP contribution in [-0.4, -0.2) is 42.8 Å². The second-order valence-electron chi connectivity index (χ2n) is 6.51. The van der Waals surface area contributed by atoms with Gasteiger partial charge in [-0.25, -0.2) is 22.9 Å². The number of aromatic carboxylic acids is 1. The molecule has 2 aromatic rings. The number of aromatic nitrogens is 1. The molecule has 0 atom stereocenters. The van der Waals surface area contributed by atoms with Crippen molar-refractivity contribution in [3.05, 3.63) is 59.4 Å². The average molecular weight is 419 g/mol. The van der Waals surface area contributed by atoms with Crippen LogP contribution in [0.2, 0.25) is 0 Å². The third kappa shape index (κ3) is 6.11. The van der Waals surface area contributed by atoms with Crippen LogP contribution in [0, 0.1) is 5.92 Å². The molecule has 0 aliphatic rings. The highest BCUT2D eigenvalue weighted by molar-refractivity contribution is 7.90. The number of carbonyl (C=O) groups is 3. The second-order valence-corrected chi connectivity index (χ2v) is 8.19. The monoisotopic (exact) mass is 419 g/mol. The van der Waals surface area contributed by atoms with Crippen molar-refractivity contribution in [1.82, 2.24) is 15.0 Å². The van der Waals surface area contributed by atoms with Crippen molar-refractivity contribution in [1.29, 1.82) is 0 Å². The summed E-state index contributed by atoms with van der Waals surface area (Å²) in [5, 5.41) is 11.6. The molecule has 0 fully saturated rings. The van der Waals surface area contributed by atoms with Crippen molar-refractivity contribution in [2.45, 2.75) is 25.2 Å². The van der Waals surface area contributed by atoms with Crippen molar-refractivity contribution < 1.29 is 27.9 Å². The molecule has 0 saturated carbocycles. The molecular formula is C19H21N3O6S. The highest BCUT2D eigenvalue weighted by Gasteiger charge is 2.19. The van der Waals surface area contributed by atoms with Crippen molar-refractivity contribution in [2.75, 3.05) is 6.54 Å². The van der Waals surface area contributed by atoms with Crippen molar-refractivity contribution in [2.24, 2.45) is 5.92 Å². The van der Waals surface area contributed by atoms with E-state index in [0.717, 1.165) is 17.8 Å². The van der Waals surface area contributed by atoms with Crippen molar-refractivity contribution in [3.63, 3.8) is 0 Å². The van der Waals surface area contributed by atoms with Gasteiger partial charge in [0.2, 0.25) is 5.91 Å². The van der Waals surface area contributed by atoms with Crippen LogP contribution in [0.5, 0.6) is 0 Å². The number of hydrogen-bond donors (Lipinski definition) is 3. The Kier molecular flexibility index (Phi) is 7.05. The molecule has 1 aromatic carbocycles. The Hall–Kier alpha value is -3.27. The first kappa shape index (κ1) is 22.0. The number of carboxylic acids is 1. The molecule has 3 N–H and O–H groups in total. The molecule has 29 heavy (non-hydrogen) atoms. The Bertz CT molecular complexity index is 999. The summed E-state index contributed by atoms with van der Waals surface area (Å²) >= 11 is 0. The van der Waals surface area contributed by atoms with Crippen molar-refractivity contribution in [3.8, 4) is 0 Å². The first-order valence-electron chi connectivity index (χ1n) is 8.73. The van der Waals surface area contributed by atoms with E-state index in [0.29, 0.717) is 13.0 Å². The summed E-state index contributed by atoms with van der Waals surface area (Å²) in [5.74, 6) is -2.34. The number of benzene rings is 1. The van der Waals surface area contributed by atoms with Gasteiger partial charge in [0.25, 0.3) is 15.9 Å². The Balaban J connectivity index is 2.00. The predicted octanol–water partition coefficient (Wildman–Crippen LogP) is 1.21. The molecule has 1 aromatic heterocycles. The minimum atomic E-state index is -4.11. The topological polar surface area (TPSA) is 143 Å². The van der Waals surface area contributed by atoms with Crippen LogP contribution in [-0.2, 0) is 21.2 Å². The van der Waals surface area contributed by atoms with Gasteiger partial charge in [-0.2, -0.15) is 0 Å². The lowest BCUT2D eigenvalue weighted by atomic mass is 10.1. The molecule has 2 amide bonds. The van der Waals surface area contributed by atoms with E-state index < -0.39 is 21.9 Å². The molecule has 154 valence electrons. The quantitative estimate of drug-likeness (QED) is 0.584. The van der Waals surface area contributed by atoms with E-state index in [-0.39, 0.29) is 28.0 Å². The summed E-state index contributed by atoms with van der Waals surface area (Å²) in [6.07, 6.45) is 1.52. The molecule has 0 unspecified atom stereocenters. The molecule has 10 heteroatoms. The Morgan fingerprint density at radius 1 is 1.07 bits per heavy atom. The number of carbonyl (C=O) groups excluding carboxylic acids is 2. The lowest BCUT2D eigenvalue weighted by Crippen LogP contribution is -2.31. The third-order valence-electron chi connectivity index (χ3n) is 3.94. The van der Waals surface area contributed by atoms with Gasteiger partial charge in [-0.3, -0.25) is 9.59 Å². The van der Waals surface area contributed by atoms with Crippen LogP contribution < -0.4 is 10.0 Å². The van der Waals surface area contributed by atoms with Crippen LogP contribution in [0.3, 0.4) is 0 Å². The summed E-state index contributed by atoms with van der Waals surface area (Å²) < 4.78 is 26.7. The molecular weight excluding hydrogens is 398 g/mol. The summed E-state index contributed by atoms with van der Waals surface area (Å²) in [6.45, 7) is 4.01. The van der Waals surface area contributed by atoms with Crippen LogP contribution >= 0.6 is 0 Å². The fourth-order valence-corrected chi connectivity index (χ4v) is 3.24. The van der Waals surface area contributed by atoms with E-state index in [1.165, 1.54) is 18.2 Å². The van der Waals surface area contributed by atoms with E-state index in [2.05, 4.69) is 10.3 Å². The number of amides is 2. The van der Waals surface area contributed by atoms with Crippen LogP contribution in [0.25, 0.3) is 0 Å². The summed E-state index contributed by atoms with van der Waals surface area (Å²) in [7, 11) is -4.11. The standard InChI is InChI=1S/C19H21N3O6S/c1-12(2)17(23)20-10-9-13-3-6-15(7-4-13)29(27,28)22-18(24)14-5-8-16(19(25)26)21-11-14/h3-8,11-12H,9-10H2,1-2H3,(H,20,23)(H,22,24)(H,25,26). The lowest BCUT2D eigenvalue weighted by Gasteiger charge is -2.09. The zero-order valence-electron chi connectivity index (χ0n) is 15.9. The van der Waals surface area contributed by atoms with Gasteiger partial charge in [0.15, 0.2) is 0 Å². The van der Waals surface area contributed by atoms with E-state index in [9.17, 15) is 22.8 Å². The van der Waals surface area contributed by atoms with Gasteiger partial charge in [0, 0.05) is 18.7 Å². The van der Waals surface area contributed by atoms with Gasteiger partial charge in [-0.15, -0.1) is 0 Å². The zero-order valence-corrected chi connectivity index (χ0v) is 16.7. The number of carboxylic acid groups (broad SMARTS) is 1. The Morgan fingerprint density at radius 3 is 2.24 bits per heavy atom. The molecule has 2 rings (SSSR count). The molecule has 0 spiro atoms. The van der Waals surface area contributed by atoms with E-state index in [4.69, 9.17) is 5.11 Å². The van der Waals surface area contributed by atoms with E-state index in [1.807, 2.05) is 4.72 Å².